The average molecular weight is 253 g/mol. The van der Waals surface area contributed by atoms with Gasteiger partial charge in [0.15, 0.2) is 5.78 Å². The molecule has 1 spiro atoms. The molecule has 0 aromatic heterocycles. The molecule has 0 aromatic rings. The number of hydrogen-bond donors (Lipinski definition) is 0. The number of rotatable bonds is 0. The van der Waals surface area contributed by atoms with Gasteiger partial charge in [-0.25, -0.2) is 4.79 Å². The first kappa shape index (κ1) is 13.4. The Morgan fingerprint density at radius 3 is 2.44 bits per heavy atom. The Morgan fingerprint density at radius 2 is 1.89 bits per heavy atom. The number of carbonyl (C=O) groups excluding carboxylic acids is 2. The fourth-order valence-electron chi connectivity index (χ4n) is 3.12. The summed E-state index contributed by atoms with van der Waals surface area (Å²) in [5.74, 6) is 0.175. The van der Waals surface area contributed by atoms with Crippen LogP contribution < -0.4 is 0 Å². The molecule has 0 bridgehead atoms. The number of amides is 1. The zero-order chi connectivity index (χ0) is 13.4. The summed E-state index contributed by atoms with van der Waals surface area (Å²) in [7, 11) is 0. The summed E-state index contributed by atoms with van der Waals surface area (Å²) in [6.07, 6.45) is 4.79. The molecule has 1 aliphatic heterocycles. The number of ketones is 1. The van der Waals surface area contributed by atoms with E-state index in [2.05, 4.69) is 0 Å². The van der Waals surface area contributed by atoms with Crippen LogP contribution in [0.2, 0.25) is 0 Å². The molecule has 4 nitrogen and oxygen atoms in total. The minimum absolute atomic E-state index is 0.0479. The first-order valence-electron chi connectivity index (χ1n) is 6.79. The smallest absolute Gasteiger partial charge is 0.410 e. The Morgan fingerprint density at radius 1 is 1.28 bits per heavy atom. The highest BCUT2D eigenvalue weighted by Gasteiger charge is 2.43. The van der Waals surface area contributed by atoms with Gasteiger partial charge in [0.05, 0.1) is 6.54 Å². The third-order valence-corrected chi connectivity index (χ3v) is 3.78. The number of likely N-dealkylation sites (tertiary alicyclic amines) is 1. The minimum Gasteiger partial charge on any atom is -0.444 e. The van der Waals surface area contributed by atoms with E-state index < -0.39 is 5.60 Å². The van der Waals surface area contributed by atoms with E-state index in [0.29, 0.717) is 13.0 Å². The fourth-order valence-corrected chi connectivity index (χ4v) is 3.12. The van der Waals surface area contributed by atoms with Gasteiger partial charge in [0.2, 0.25) is 0 Å². The molecular formula is C14H23NO3. The first-order valence-corrected chi connectivity index (χ1v) is 6.79. The van der Waals surface area contributed by atoms with Crippen LogP contribution in [-0.2, 0) is 9.53 Å². The lowest BCUT2D eigenvalue weighted by atomic mass is 9.78. The molecule has 1 aliphatic carbocycles. The Labute approximate surface area is 109 Å². The van der Waals surface area contributed by atoms with Crippen LogP contribution in [0.4, 0.5) is 4.79 Å². The van der Waals surface area contributed by atoms with Gasteiger partial charge in [0.25, 0.3) is 0 Å². The zero-order valence-electron chi connectivity index (χ0n) is 11.6. The molecule has 0 radical (unpaired) electrons. The largest absolute Gasteiger partial charge is 0.444 e. The average Bonchev–Trinajstić information content (AvgIpc) is 2.62. The highest BCUT2D eigenvalue weighted by atomic mass is 16.6. The van der Waals surface area contributed by atoms with Gasteiger partial charge < -0.3 is 9.64 Å². The van der Waals surface area contributed by atoms with Gasteiger partial charge in [-0.05, 0) is 39.0 Å². The molecule has 2 aliphatic rings. The number of carbonyl (C=O) groups is 2. The van der Waals surface area contributed by atoms with Crippen molar-refractivity contribution >= 4 is 11.9 Å². The predicted molar refractivity (Wildman–Crippen MR) is 68.3 cm³/mol. The van der Waals surface area contributed by atoms with Gasteiger partial charge in [0.1, 0.15) is 5.60 Å². The second-order valence-electron chi connectivity index (χ2n) is 6.76. The van der Waals surface area contributed by atoms with E-state index in [9.17, 15) is 9.59 Å². The molecule has 1 amide bonds. The Hall–Kier alpha value is -1.06. The van der Waals surface area contributed by atoms with Gasteiger partial charge >= 0.3 is 6.09 Å². The van der Waals surface area contributed by atoms with E-state index >= 15 is 0 Å². The van der Waals surface area contributed by atoms with E-state index in [1.165, 1.54) is 12.8 Å². The van der Waals surface area contributed by atoms with Crippen LogP contribution in [-0.4, -0.2) is 35.5 Å². The molecule has 1 saturated carbocycles. The van der Waals surface area contributed by atoms with Crippen molar-refractivity contribution in [3.05, 3.63) is 0 Å². The topological polar surface area (TPSA) is 46.6 Å². The van der Waals surface area contributed by atoms with E-state index in [0.717, 1.165) is 12.8 Å². The Balaban J connectivity index is 2.04. The molecule has 0 aromatic carbocycles. The fraction of sp³-hybridized carbons (Fsp3) is 0.857. The van der Waals surface area contributed by atoms with Crippen LogP contribution in [0, 0.1) is 5.41 Å². The van der Waals surface area contributed by atoms with E-state index in [1.54, 1.807) is 4.90 Å². The molecular weight excluding hydrogens is 230 g/mol. The Bertz CT molecular complexity index is 351. The zero-order valence-corrected chi connectivity index (χ0v) is 11.6. The van der Waals surface area contributed by atoms with Gasteiger partial charge in [-0.1, -0.05) is 12.8 Å². The van der Waals surface area contributed by atoms with Crippen molar-refractivity contribution in [3.8, 4) is 0 Å². The summed E-state index contributed by atoms with van der Waals surface area (Å²) >= 11 is 0. The molecule has 4 heteroatoms. The highest BCUT2D eigenvalue weighted by molar-refractivity contribution is 5.86. The maximum atomic E-state index is 12.1. The normalized spacial score (nSPS) is 23.5. The monoisotopic (exact) mass is 253 g/mol. The van der Waals surface area contributed by atoms with Crippen molar-refractivity contribution < 1.29 is 14.3 Å². The summed E-state index contributed by atoms with van der Waals surface area (Å²) in [5.41, 5.74) is -0.452. The molecule has 2 fully saturated rings. The maximum absolute atomic E-state index is 12.1. The highest BCUT2D eigenvalue weighted by Crippen LogP contribution is 2.44. The third kappa shape index (κ3) is 3.03. The number of hydrogen-bond acceptors (Lipinski definition) is 3. The number of Topliss-reactive ketones (excluding diaryl/α,β-unsaturated/α-hetero) is 1. The van der Waals surface area contributed by atoms with Gasteiger partial charge in [-0.2, -0.15) is 0 Å². The van der Waals surface area contributed by atoms with Crippen LogP contribution in [0.3, 0.4) is 0 Å². The minimum atomic E-state index is -0.500. The molecule has 18 heavy (non-hydrogen) atoms. The van der Waals surface area contributed by atoms with E-state index in [-0.39, 0.29) is 23.8 Å². The van der Waals surface area contributed by atoms with Gasteiger partial charge in [-0.15, -0.1) is 0 Å². The van der Waals surface area contributed by atoms with Crippen molar-refractivity contribution in [3.63, 3.8) is 0 Å². The lowest BCUT2D eigenvalue weighted by Gasteiger charge is -2.39. The summed E-state index contributed by atoms with van der Waals surface area (Å²) in [6.45, 7) is 6.45. The quantitative estimate of drug-likeness (QED) is 0.667. The standard InChI is InChI=1S/C14H23NO3/c1-13(2,3)18-12(17)15-9-11(16)8-14(10-15)6-4-5-7-14/h4-10H2,1-3H3. The van der Waals surface area contributed by atoms with Crippen LogP contribution >= 0.6 is 0 Å². The second kappa shape index (κ2) is 4.56. The lowest BCUT2D eigenvalue weighted by molar-refractivity contribution is -0.126. The summed E-state index contributed by atoms with van der Waals surface area (Å²) in [4.78, 5) is 25.5. The lowest BCUT2D eigenvalue weighted by Crippen LogP contribution is -2.50. The Kier molecular flexibility index (Phi) is 3.39. The SMILES string of the molecule is CC(C)(C)OC(=O)N1CC(=O)CC2(CCCC2)C1. The van der Waals surface area contributed by atoms with E-state index in [4.69, 9.17) is 4.74 Å². The van der Waals surface area contributed by atoms with Crippen molar-refractivity contribution in [2.75, 3.05) is 13.1 Å². The molecule has 0 unspecified atom stereocenters. The van der Waals surface area contributed by atoms with Gasteiger partial charge in [-0.3, -0.25) is 4.79 Å². The van der Waals surface area contributed by atoms with E-state index in [1.807, 2.05) is 20.8 Å². The molecule has 2 rings (SSSR count). The summed E-state index contributed by atoms with van der Waals surface area (Å²) < 4.78 is 5.36. The summed E-state index contributed by atoms with van der Waals surface area (Å²) in [6, 6.07) is 0. The van der Waals surface area contributed by atoms with Crippen molar-refractivity contribution in [2.45, 2.75) is 58.5 Å². The van der Waals surface area contributed by atoms with Crippen LogP contribution in [0.25, 0.3) is 0 Å². The maximum Gasteiger partial charge on any atom is 0.410 e. The third-order valence-electron chi connectivity index (χ3n) is 3.78. The summed E-state index contributed by atoms with van der Waals surface area (Å²) in [5, 5.41) is 0. The number of piperidine rings is 1. The molecule has 1 heterocycles. The second-order valence-corrected chi connectivity index (χ2v) is 6.76. The van der Waals surface area contributed by atoms with Crippen LogP contribution in [0.15, 0.2) is 0 Å². The van der Waals surface area contributed by atoms with Crippen molar-refractivity contribution in [2.24, 2.45) is 5.41 Å². The first-order chi connectivity index (χ1) is 8.30. The van der Waals surface area contributed by atoms with Crippen molar-refractivity contribution in [1.82, 2.24) is 4.90 Å². The predicted octanol–water partition coefficient (Wildman–Crippen LogP) is 2.76. The van der Waals surface area contributed by atoms with Crippen LogP contribution in [0.1, 0.15) is 52.9 Å². The van der Waals surface area contributed by atoms with Crippen molar-refractivity contribution in [1.29, 1.82) is 0 Å². The number of nitrogens with zero attached hydrogens (tertiary/aromatic N) is 1. The molecule has 1 saturated heterocycles. The molecule has 0 atom stereocenters. The molecule has 0 N–H and O–H groups in total. The van der Waals surface area contributed by atoms with Gasteiger partial charge in [0, 0.05) is 13.0 Å². The van der Waals surface area contributed by atoms with Crippen LogP contribution in [0.5, 0.6) is 0 Å². The molecule has 102 valence electrons. The number of ether oxygens (including phenoxy) is 1.